The lowest BCUT2D eigenvalue weighted by Gasteiger charge is -2.31. The third-order valence-electron chi connectivity index (χ3n) is 4.86. The van der Waals surface area contributed by atoms with Gasteiger partial charge in [0.05, 0.1) is 18.8 Å². The number of halogens is 1. The molecule has 3 rings (SSSR count). The van der Waals surface area contributed by atoms with Crippen molar-refractivity contribution < 1.29 is 4.74 Å². The fraction of sp³-hybridized carbons (Fsp3) is 0.526. The largest absolute Gasteiger partial charge is 0.493 e. The molecule has 0 amide bonds. The summed E-state index contributed by atoms with van der Waals surface area (Å²) in [5.74, 6) is 0.838. The van der Waals surface area contributed by atoms with Gasteiger partial charge in [-0.15, -0.1) is 0 Å². The number of anilines is 1. The van der Waals surface area contributed by atoms with Crippen LogP contribution in [0.15, 0.2) is 35.7 Å². The lowest BCUT2D eigenvalue weighted by Crippen LogP contribution is -2.44. The van der Waals surface area contributed by atoms with Gasteiger partial charge in [-0.1, -0.05) is 24.6 Å². The Hall–Kier alpha value is -1.72. The minimum absolute atomic E-state index is 0.303. The molecule has 0 aromatic heterocycles. The van der Waals surface area contributed by atoms with Crippen LogP contribution in [0.2, 0.25) is 5.02 Å². The fourth-order valence-electron chi connectivity index (χ4n) is 2.87. The molecular formula is C19H27ClN4O. The zero-order valence-corrected chi connectivity index (χ0v) is 15.5. The average Bonchev–Trinajstić information content (AvgIpc) is 3.36. The van der Waals surface area contributed by atoms with Gasteiger partial charge in [0.2, 0.25) is 0 Å². The van der Waals surface area contributed by atoms with E-state index in [2.05, 4.69) is 22.5 Å². The van der Waals surface area contributed by atoms with Crippen molar-refractivity contribution in [3.05, 3.63) is 40.7 Å². The fourth-order valence-corrected chi connectivity index (χ4v) is 3.06. The highest BCUT2D eigenvalue weighted by molar-refractivity contribution is 6.30. The third-order valence-corrected chi connectivity index (χ3v) is 5.09. The SMILES string of the molecule is CC1(CO/C(CNc2cccc(Cl)c2)=C(/C=N)N2CCNCC2)CC1. The summed E-state index contributed by atoms with van der Waals surface area (Å²) < 4.78 is 6.20. The van der Waals surface area contributed by atoms with Crippen molar-refractivity contribution in [1.82, 2.24) is 10.2 Å². The molecule has 1 saturated carbocycles. The first-order valence-corrected chi connectivity index (χ1v) is 9.29. The maximum absolute atomic E-state index is 7.92. The molecule has 2 fully saturated rings. The molecule has 0 bridgehead atoms. The van der Waals surface area contributed by atoms with Crippen molar-refractivity contribution in [1.29, 1.82) is 5.41 Å². The Morgan fingerprint density at radius 2 is 2.16 bits per heavy atom. The van der Waals surface area contributed by atoms with Crippen LogP contribution in [-0.2, 0) is 4.74 Å². The van der Waals surface area contributed by atoms with Gasteiger partial charge in [-0.25, -0.2) is 0 Å². The molecule has 25 heavy (non-hydrogen) atoms. The first-order valence-electron chi connectivity index (χ1n) is 8.91. The molecule has 1 aromatic carbocycles. The van der Waals surface area contributed by atoms with E-state index in [1.807, 2.05) is 24.3 Å². The number of allylic oxidation sites excluding steroid dienone is 1. The number of ether oxygens (including phenoxy) is 1. The van der Waals surface area contributed by atoms with Crippen LogP contribution in [-0.4, -0.2) is 50.4 Å². The second kappa shape index (κ2) is 8.11. The Kier molecular flexibility index (Phi) is 5.86. The first-order chi connectivity index (χ1) is 12.1. The molecule has 0 atom stereocenters. The Bertz CT molecular complexity index is 636. The highest BCUT2D eigenvalue weighted by atomic mass is 35.5. The molecule has 2 aliphatic rings. The van der Waals surface area contributed by atoms with E-state index < -0.39 is 0 Å². The highest BCUT2D eigenvalue weighted by Crippen LogP contribution is 2.45. The van der Waals surface area contributed by atoms with Crippen LogP contribution >= 0.6 is 11.6 Å². The van der Waals surface area contributed by atoms with Crippen molar-refractivity contribution in [2.45, 2.75) is 19.8 Å². The molecule has 6 heteroatoms. The predicted octanol–water partition coefficient (Wildman–Crippen LogP) is 3.33. The van der Waals surface area contributed by atoms with Crippen molar-refractivity contribution in [2.75, 3.05) is 44.6 Å². The second-order valence-corrected chi connectivity index (χ2v) is 7.59. The maximum atomic E-state index is 7.92. The summed E-state index contributed by atoms with van der Waals surface area (Å²) in [6, 6.07) is 7.67. The molecule has 136 valence electrons. The quantitative estimate of drug-likeness (QED) is 0.490. The van der Waals surface area contributed by atoms with Crippen molar-refractivity contribution in [3.8, 4) is 0 Å². The van der Waals surface area contributed by atoms with E-state index in [0.717, 1.165) is 43.3 Å². The second-order valence-electron chi connectivity index (χ2n) is 7.15. The smallest absolute Gasteiger partial charge is 0.140 e. The molecule has 0 unspecified atom stereocenters. The molecule has 5 nitrogen and oxygen atoms in total. The Balaban J connectivity index is 1.74. The van der Waals surface area contributed by atoms with Crippen molar-refractivity contribution in [3.63, 3.8) is 0 Å². The summed E-state index contributed by atoms with van der Waals surface area (Å²) >= 11 is 6.07. The summed E-state index contributed by atoms with van der Waals surface area (Å²) in [4.78, 5) is 2.23. The number of piperazine rings is 1. The van der Waals surface area contributed by atoms with E-state index in [1.54, 1.807) is 0 Å². The monoisotopic (exact) mass is 362 g/mol. The molecule has 1 aliphatic carbocycles. The topological polar surface area (TPSA) is 60.4 Å². The minimum Gasteiger partial charge on any atom is -0.493 e. The summed E-state index contributed by atoms with van der Waals surface area (Å²) in [7, 11) is 0. The van der Waals surface area contributed by atoms with Gasteiger partial charge in [-0.05, 0) is 31.0 Å². The molecule has 0 spiro atoms. The van der Waals surface area contributed by atoms with Gasteiger partial charge in [-0.3, -0.25) is 0 Å². The lowest BCUT2D eigenvalue weighted by molar-refractivity contribution is 0.151. The summed E-state index contributed by atoms with van der Waals surface area (Å²) in [5.41, 5.74) is 2.13. The van der Waals surface area contributed by atoms with Gasteiger partial charge in [0, 0.05) is 48.5 Å². The summed E-state index contributed by atoms with van der Waals surface area (Å²) in [5, 5.41) is 15.4. The van der Waals surface area contributed by atoms with Crippen LogP contribution in [0, 0.1) is 10.8 Å². The molecule has 1 saturated heterocycles. The van der Waals surface area contributed by atoms with Crippen LogP contribution in [0.1, 0.15) is 19.8 Å². The number of rotatable bonds is 8. The van der Waals surface area contributed by atoms with Crippen molar-refractivity contribution in [2.24, 2.45) is 5.41 Å². The van der Waals surface area contributed by atoms with E-state index in [9.17, 15) is 0 Å². The molecular weight excluding hydrogens is 336 g/mol. The Morgan fingerprint density at radius 1 is 1.40 bits per heavy atom. The van der Waals surface area contributed by atoms with Crippen LogP contribution in [0.25, 0.3) is 0 Å². The zero-order chi connectivity index (χ0) is 17.7. The molecule has 1 heterocycles. The van der Waals surface area contributed by atoms with Gasteiger partial charge in [0.25, 0.3) is 0 Å². The van der Waals surface area contributed by atoms with E-state index in [1.165, 1.54) is 19.1 Å². The van der Waals surface area contributed by atoms with E-state index >= 15 is 0 Å². The zero-order valence-electron chi connectivity index (χ0n) is 14.8. The van der Waals surface area contributed by atoms with Crippen LogP contribution in [0.3, 0.4) is 0 Å². The van der Waals surface area contributed by atoms with Gasteiger partial charge < -0.3 is 25.7 Å². The predicted molar refractivity (Wildman–Crippen MR) is 103 cm³/mol. The van der Waals surface area contributed by atoms with Crippen LogP contribution in [0.4, 0.5) is 5.69 Å². The summed E-state index contributed by atoms with van der Waals surface area (Å²) in [6.45, 7) is 7.17. The third kappa shape index (κ3) is 5.13. The maximum Gasteiger partial charge on any atom is 0.140 e. The van der Waals surface area contributed by atoms with Gasteiger partial charge in [0.15, 0.2) is 0 Å². The molecule has 1 aromatic rings. The standard InChI is InChI=1S/C19H27ClN4O/c1-19(5-6-19)14-25-18(13-23-16-4-2-3-15(20)11-16)17(12-21)24-9-7-22-8-10-24/h2-4,11-12,21-23H,5-10,13-14H2,1H3/b18-17-,21-12?. The first kappa shape index (κ1) is 18.1. The number of nitrogens with zero attached hydrogens (tertiary/aromatic N) is 1. The molecule has 1 aliphatic heterocycles. The lowest BCUT2D eigenvalue weighted by atomic mass is 10.2. The van der Waals surface area contributed by atoms with Gasteiger partial charge in [0.1, 0.15) is 5.76 Å². The summed E-state index contributed by atoms with van der Waals surface area (Å²) in [6.07, 6.45) is 3.86. The Morgan fingerprint density at radius 3 is 2.80 bits per heavy atom. The van der Waals surface area contributed by atoms with Crippen molar-refractivity contribution >= 4 is 23.5 Å². The molecule has 3 N–H and O–H groups in total. The normalized spacial score (nSPS) is 19.8. The van der Waals surface area contributed by atoms with Gasteiger partial charge in [-0.2, -0.15) is 0 Å². The highest BCUT2D eigenvalue weighted by Gasteiger charge is 2.38. The van der Waals surface area contributed by atoms with Crippen LogP contribution < -0.4 is 10.6 Å². The molecule has 0 radical (unpaired) electrons. The minimum atomic E-state index is 0.303. The Labute approximate surface area is 154 Å². The number of nitrogens with one attached hydrogen (secondary N) is 3. The number of hydrogen-bond donors (Lipinski definition) is 3. The van der Waals surface area contributed by atoms with Crippen LogP contribution in [0.5, 0.6) is 0 Å². The van der Waals surface area contributed by atoms with Gasteiger partial charge >= 0.3 is 0 Å². The number of benzene rings is 1. The van der Waals surface area contributed by atoms with E-state index in [4.69, 9.17) is 21.7 Å². The van der Waals surface area contributed by atoms with E-state index in [-0.39, 0.29) is 0 Å². The average molecular weight is 363 g/mol. The number of hydrogen-bond acceptors (Lipinski definition) is 5. The van der Waals surface area contributed by atoms with E-state index in [0.29, 0.717) is 23.6 Å².